The highest BCUT2D eigenvalue weighted by Gasteiger charge is 2.43. The average Bonchev–Trinajstić information content (AvgIpc) is 2.96. The minimum absolute atomic E-state index is 0.146. The molecule has 0 saturated carbocycles. The van der Waals surface area contributed by atoms with E-state index in [9.17, 15) is 19.7 Å². The predicted molar refractivity (Wildman–Crippen MR) is 149 cm³/mol. The zero-order chi connectivity index (χ0) is 28.8. The highest BCUT2D eigenvalue weighted by Crippen LogP contribution is 2.41. The van der Waals surface area contributed by atoms with Gasteiger partial charge in [-0.3, -0.25) is 24.8 Å². The number of likely N-dealkylation sites (tertiary alicyclic amines) is 1. The fourth-order valence-electron chi connectivity index (χ4n) is 5.52. The lowest BCUT2D eigenvalue weighted by Gasteiger charge is -2.33. The number of aliphatic imine (C=N–C) groups is 1. The number of ether oxygens (including phenoxy) is 3. The molecule has 0 amide bonds. The second kappa shape index (κ2) is 12.9. The number of allylic oxidation sites excluding steroid dienone is 1. The summed E-state index contributed by atoms with van der Waals surface area (Å²) in [4.78, 5) is 44.9. The summed E-state index contributed by atoms with van der Waals surface area (Å²) in [6, 6.07) is 13.4. The maximum atomic E-state index is 14.0. The molecule has 0 aliphatic carbocycles. The van der Waals surface area contributed by atoms with E-state index < -0.39 is 34.8 Å². The molecule has 4 rings (SSSR count). The van der Waals surface area contributed by atoms with Crippen molar-refractivity contribution < 1.29 is 28.7 Å². The average molecular weight is 550 g/mol. The van der Waals surface area contributed by atoms with E-state index in [0.717, 1.165) is 31.5 Å². The molecule has 3 unspecified atom stereocenters. The van der Waals surface area contributed by atoms with E-state index in [0.29, 0.717) is 29.3 Å². The zero-order valence-corrected chi connectivity index (χ0v) is 23.3. The van der Waals surface area contributed by atoms with Crippen molar-refractivity contribution in [1.82, 2.24) is 4.90 Å². The molecule has 0 radical (unpaired) electrons. The number of methoxy groups -OCH3 is 2. The number of carbonyl (C=O) groups is 2. The first-order chi connectivity index (χ1) is 19.2. The van der Waals surface area contributed by atoms with Gasteiger partial charge in [-0.15, -0.1) is 0 Å². The number of nitrogens with zero attached hydrogens (tertiary/aromatic N) is 3. The van der Waals surface area contributed by atoms with E-state index in [4.69, 9.17) is 14.2 Å². The van der Waals surface area contributed by atoms with Gasteiger partial charge in [-0.25, -0.2) is 4.79 Å². The van der Waals surface area contributed by atoms with Gasteiger partial charge in [-0.05, 0) is 63.0 Å². The SMILES string of the molecule is COC(=O)C1C(C)=NC(C)=C(C(=O)OC(CN2CCCCC2)c2ccc(OC)cc2)C1c1cccc([N+](=O)[O-])c1. The number of benzene rings is 2. The van der Waals surface area contributed by atoms with E-state index in [1.54, 1.807) is 27.0 Å². The molecule has 2 aromatic rings. The van der Waals surface area contributed by atoms with Gasteiger partial charge in [0.2, 0.25) is 0 Å². The third-order valence-corrected chi connectivity index (χ3v) is 7.55. The Bertz CT molecular complexity index is 1310. The number of nitro benzene ring substituents is 1. The summed E-state index contributed by atoms with van der Waals surface area (Å²) >= 11 is 0. The van der Waals surface area contributed by atoms with Crippen LogP contribution in [0.25, 0.3) is 0 Å². The van der Waals surface area contributed by atoms with Crippen LogP contribution in [0.5, 0.6) is 5.75 Å². The van der Waals surface area contributed by atoms with Crippen molar-refractivity contribution in [2.45, 2.75) is 45.1 Å². The molecule has 212 valence electrons. The van der Waals surface area contributed by atoms with Gasteiger partial charge in [0.1, 0.15) is 17.8 Å². The molecule has 1 fully saturated rings. The molecule has 2 heterocycles. The Hall–Kier alpha value is -4.05. The van der Waals surface area contributed by atoms with Gasteiger partial charge in [0, 0.05) is 36.0 Å². The van der Waals surface area contributed by atoms with Gasteiger partial charge < -0.3 is 14.2 Å². The second-order valence-corrected chi connectivity index (χ2v) is 10.1. The highest BCUT2D eigenvalue weighted by atomic mass is 16.6. The van der Waals surface area contributed by atoms with Crippen LogP contribution in [-0.4, -0.2) is 61.3 Å². The molecular weight excluding hydrogens is 514 g/mol. The van der Waals surface area contributed by atoms with Gasteiger partial charge in [0.15, 0.2) is 0 Å². The largest absolute Gasteiger partial charge is 0.497 e. The van der Waals surface area contributed by atoms with E-state index in [2.05, 4.69) is 9.89 Å². The molecule has 2 aromatic carbocycles. The quantitative estimate of drug-likeness (QED) is 0.244. The lowest BCUT2D eigenvalue weighted by Crippen LogP contribution is -2.38. The Labute approximate surface area is 233 Å². The Morgan fingerprint density at radius 1 is 1.07 bits per heavy atom. The summed E-state index contributed by atoms with van der Waals surface area (Å²) in [5.41, 5.74) is 2.13. The molecule has 0 aromatic heterocycles. The Morgan fingerprint density at radius 3 is 2.40 bits per heavy atom. The normalized spacial score (nSPS) is 20.4. The van der Waals surface area contributed by atoms with E-state index in [-0.39, 0.29) is 11.3 Å². The standard InChI is InChI=1S/C30H35N3O7/c1-19-26(29(34)39-4)28(22-9-8-10-23(17-22)33(36)37)27(20(2)31-19)30(35)40-25(18-32-15-6-5-7-16-32)21-11-13-24(38-3)14-12-21/h8-14,17,25-26,28H,5-7,15-16,18H2,1-4H3. The number of hydrogen-bond acceptors (Lipinski definition) is 9. The van der Waals surface area contributed by atoms with Crippen LogP contribution in [0.3, 0.4) is 0 Å². The lowest BCUT2D eigenvalue weighted by atomic mass is 9.75. The van der Waals surface area contributed by atoms with Crippen molar-refractivity contribution >= 4 is 23.3 Å². The highest BCUT2D eigenvalue weighted by molar-refractivity contribution is 6.07. The van der Waals surface area contributed by atoms with Crippen LogP contribution in [0.4, 0.5) is 5.69 Å². The van der Waals surface area contributed by atoms with Gasteiger partial charge in [-0.2, -0.15) is 0 Å². The first-order valence-electron chi connectivity index (χ1n) is 13.4. The van der Waals surface area contributed by atoms with Crippen LogP contribution in [0.15, 0.2) is 64.8 Å². The summed E-state index contributed by atoms with van der Waals surface area (Å²) in [7, 11) is 2.86. The third kappa shape index (κ3) is 6.39. The van der Waals surface area contributed by atoms with Crippen molar-refractivity contribution in [3.05, 3.63) is 81.0 Å². The summed E-state index contributed by atoms with van der Waals surface area (Å²) < 4.78 is 16.6. The monoisotopic (exact) mass is 549 g/mol. The first-order valence-corrected chi connectivity index (χ1v) is 13.4. The molecule has 2 aliphatic rings. The molecule has 3 atom stereocenters. The van der Waals surface area contributed by atoms with Gasteiger partial charge >= 0.3 is 11.9 Å². The third-order valence-electron chi connectivity index (χ3n) is 7.55. The molecular formula is C30H35N3O7. The first kappa shape index (κ1) is 28.9. The van der Waals surface area contributed by atoms with Crippen molar-refractivity contribution in [2.75, 3.05) is 33.9 Å². The fourth-order valence-corrected chi connectivity index (χ4v) is 5.52. The molecule has 0 spiro atoms. The number of nitro groups is 1. The zero-order valence-electron chi connectivity index (χ0n) is 23.3. The van der Waals surface area contributed by atoms with E-state index in [1.165, 1.54) is 31.7 Å². The topological polar surface area (TPSA) is 121 Å². The second-order valence-electron chi connectivity index (χ2n) is 10.1. The van der Waals surface area contributed by atoms with Crippen molar-refractivity contribution in [3.63, 3.8) is 0 Å². The van der Waals surface area contributed by atoms with Gasteiger partial charge in [0.05, 0.1) is 24.7 Å². The molecule has 10 nitrogen and oxygen atoms in total. The Kier molecular flexibility index (Phi) is 9.31. The van der Waals surface area contributed by atoms with Crippen LogP contribution in [0.1, 0.15) is 56.3 Å². The van der Waals surface area contributed by atoms with Crippen molar-refractivity contribution in [2.24, 2.45) is 10.9 Å². The van der Waals surface area contributed by atoms with Gasteiger partial charge in [0.25, 0.3) is 5.69 Å². The molecule has 1 saturated heterocycles. The number of hydrogen-bond donors (Lipinski definition) is 0. The summed E-state index contributed by atoms with van der Waals surface area (Å²) in [6.07, 6.45) is 2.74. The fraction of sp³-hybridized carbons (Fsp3) is 0.433. The van der Waals surface area contributed by atoms with Crippen molar-refractivity contribution in [3.8, 4) is 5.75 Å². The number of rotatable bonds is 9. The number of esters is 2. The van der Waals surface area contributed by atoms with Gasteiger partial charge in [-0.1, -0.05) is 30.7 Å². The minimum Gasteiger partial charge on any atom is -0.497 e. The molecule has 0 bridgehead atoms. The van der Waals surface area contributed by atoms with Crippen molar-refractivity contribution in [1.29, 1.82) is 0 Å². The number of piperidine rings is 1. The van der Waals surface area contributed by atoms with Crippen LogP contribution in [0, 0.1) is 16.0 Å². The molecule has 0 N–H and O–H groups in total. The predicted octanol–water partition coefficient (Wildman–Crippen LogP) is 5.00. The van der Waals surface area contributed by atoms with Crippen LogP contribution in [-0.2, 0) is 19.1 Å². The molecule has 2 aliphatic heterocycles. The Morgan fingerprint density at radius 2 is 1.77 bits per heavy atom. The summed E-state index contributed by atoms with van der Waals surface area (Å²) in [6.45, 7) is 5.71. The summed E-state index contributed by atoms with van der Waals surface area (Å²) in [5.74, 6) is -2.34. The number of carbonyl (C=O) groups excluding carboxylic acids is 2. The molecule has 10 heteroatoms. The number of non-ortho nitro benzene ring substituents is 1. The lowest BCUT2D eigenvalue weighted by molar-refractivity contribution is -0.384. The van der Waals surface area contributed by atoms with Crippen LogP contribution in [0.2, 0.25) is 0 Å². The maximum absolute atomic E-state index is 14.0. The maximum Gasteiger partial charge on any atom is 0.337 e. The smallest absolute Gasteiger partial charge is 0.337 e. The van der Waals surface area contributed by atoms with E-state index in [1.807, 2.05) is 24.3 Å². The minimum atomic E-state index is -0.945. The van der Waals surface area contributed by atoms with Crippen LogP contribution < -0.4 is 4.74 Å². The van der Waals surface area contributed by atoms with Crippen LogP contribution >= 0.6 is 0 Å². The summed E-state index contributed by atoms with van der Waals surface area (Å²) in [5, 5.41) is 11.6. The van der Waals surface area contributed by atoms with E-state index >= 15 is 0 Å². The molecule has 40 heavy (non-hydrogen) atoms. The Balaban J connectivity index is 1.74.